The summed E-state index contributed by atoms with van der Waals surface area (Å²) in [7, 11) is 0. The first kappa shape index (κ1) is 19.2. The fourth-order valence-electron chi connectivity index (χ4n) is 2.06. The van der Waals surface area contributed by atoms with E-state index in [1.807, 2.05) is 0 Å². The van der Waals surface area contributed by atoms with E-state index in [1.165, 1.54) is 24.8 Å². The van der Waals surface area contributed by atoms with Crippen molar-refractivity contribution in [1.29, 1.82) is 0 Å². The molecule has 0 radical (unpaired) electrons. The van der Waals surface area contributed by atoms with Crippen LogP contribution in [0, 0.1) is 0 Å². The number of carboxylic acid groups (broad SMARTS) is 1. The number of carboxylic acids is 1. The number of carbonyl (C=O) groups excluding carboxylic acids is 1. The monoisotopic (exact) mass is 362 g/mol. The summed E-state index contributed by atoms with van der Waals surface area (Å²) in [5, 5.41) is 15.7. The molecular formula is C17H22N4O5. The van der Waals surface area contributed by atoms with Crippen LogP contribution in [0.15, 0.2) is 36.9 Å². The molecule has 1 amide bonds. The average molecular weight is 362 g/mol. The minimum absolute atomic E-state index is 0.144. The van der Waals surface area contributed by atoms with Gasteiger partial charge in [-0.15, -0.1) is 0 Å². The van der Waals surface area contributed by atoms with E-state index in [9.17, 15) is 9.59 Å². The first-order valence-corrected chi connectivity index (χ1v) is 8.01. The number of nitrogens with zero attached hydrogens (tertiary/aromatic N) is 3. The van der Waals surface area contributed by atoms with Crippen molar-refractivity contribution >= 4 is 12.1 Å². The van der Waals surface area contributed by atoms with Crippen LogP contribution in [0.5, 0.6) is 5.75 Å². The van der Waals surface area contributed by atoms with E-state index in [-0.39, 0.29) is 12.2 Å². The molecular weight excluding hydrogens is 340 g/mol. The second kappa shape index (κ2) is 8.32. The van der Waals surface area contributed by atoms with Gasteiger partial charge >= 0.3 is 12.1 Å². The second-order valence-corrected chi connectivity index (χ2v) is 6.60. The van der Waals surface area contributed by atoms with Crippen molar-refractivity contribution < 1.29 is 24.2 Å². The number of nitrogens with one attached hydrogen (secondary N) is 1. The molecule has 2 aromatic rings. The number of hydrogen-bond acceptors (Lipinski definition) is 6. The Morgan fingerprint density at radius 2 is 1.96 bits per heavy atom. The number of rotatable bonds is 7. The van der Waals surface area contributed by atoms with Crippen molar-refractivity contribution in [2.24, 2.45) is 0 Å². The van der Waals surface area contributed by atoms with E-state index in [2.05, 4.69) is 15.4 Å². The number of ether oxygens (including phenoxy) is 2. The highest BCUT2D eigenvalue weighted by atomic mass is 16.6. The second-order valence-electron chi connectivity index (χ2n) is 6.60. The molecule has 0 aliphatic rings. The van der Waals surface area contributed by atoms with Gasteiger partial charge in [-0.2, -0.15) is 5.10 Å². The molecule has 1 heterocycles. The molecule has 2 N–H and O–H groups in total. The average Bonchev–Trinajstić information content (AvgIpc) is 3.04. The molecule has 1 aromatic heterocycles. The molecule has 1 aromatic carbocycles. The summed E-state index contributed by atoms with van der Waals surface area (Å²) < 4.78 is 12.5. The van der Waals surface area contributed by atoms with Crippen molar-refractivity contribution in [3.8, 4) is 5.75 Å². The van der Waals surface area contributed by atoms with Gasteiger partial charge in [-0.1, -0.05) is 0 Å². The Morgan fingerprint density at radius 3 is 2.50 bits per heavy atom. The van der Waals surface area contributed by atoms with Gasteiger partial charge in [-0.25, -0.2) is 14.6 Å². The van der Waals surface area contributed by atoms with E-state index in [0.717, 1.165) is 0 Å². The Kier molecular flexibility index (Phi) is 6.16. The molecule has 0 fully saturated rings. The van der Waals surface area contributed by atoms with Crippen LogP contribution in [0.2, 0.25) is 0 Å². The first-order chi connectivity index (χ1) is 12.2. The summed E-state index contributed by atoms with van der Waals surface area (Å²) >= 11 is 0. The molecule has 9 nitrogen and oxygen atoms in total. The van der Waals surface area contributed by atoms with Gasteiger partial charge in [-0.05, 0) is 45.0 Å². The van der Waals surface area contributed by atoms with Crippen LogP contribution >= 0.6 is 0 Å². The van der Waals surface area contributed by atoms with Crippen molar-refractivity contribution in [3.05, 3.63) is 42.5 Å². The summed E-state index contributed by atoms with van der Waals surface area (Å²) in [6.45, 7) is 5.82. The van der Waals surface area contributed by atoms with Gasteiger partial charge in [0.05, 0.1) is 18.2 Å². The smallest absolute Gasteiger partial charge is 0.408 e. The quantitative estimate of drug-likeness (QED) is 0.773. The molecule has 26 heavy (non-hydrogen) atoms. The summed E-state index contributed by atoms with van der Waals surface area (Å²) in [6, 6.07) is 5.59. The molecule has 0 bridgehead atoms. The molecule has 0 spiro atoms. The van der Waals surface area contributed by atoms with E-state index in [0.29, 0.717) is 12.3 Å². The number of alkyl carbamates (subject to hydrolysis) is 1. The van der Waals surface area contributed by atoms with Gasteiger partial charge in [0, 0.05) is 0 Å². The maximum atomic E-state index is 12.0. The fraction of sp³-hybridized carbons (Fsp3) is 0.412. The van der Waals surface area contributed by atoms with Crippen molar-refractivity contribution in [2.45, 2.75) is 39.0 Å². The Hall–Kier alpha value is -3.10. The molecule has 0 saturated heterocycles. The lowest BCUT2D eigenvalue weighted by molar-refractivity contribution is 0.0479. The van der Waals surface area contributed by atoms with E-state index in [1.54, 1.807) is 37.6 Å². The largest absolute Gasteiger partial charge is 0.491 e. The number of hydrogen-bond donors (Lipinski definition) is 2. The molecule has 9 heteroatoms. The number of aromatic nitrogens is 3. The van der Waals surface area contributed by atoms with E-state index < -0.39 is 23.7 Å². The van der Waals surface area contributed by atoms with Gasteiger partial charge in [0.25, 0.3) is 0 Å². The number of amides is 1. The van der Waals surface area contributed by atoms with Gasteiger partial charge in [0.15, 0.2) is 0 Å². The normalized spacial score (nSPS) is 12.3. The van der Waals surface area contributed by atoms with Crippen molar-refractivity contribution in [2.75, 3.05) is 6.61 Å². The van der Waals surface area contributed by atoms with Crippen LogP contribution in [0.3, 0.4) is 0 Å². The summed E-state index contributed by atoms with van der Waals surface area (Å²) in [4.78, 5) is 26.8. The van der Waals surface area contributed by atoms with Crippen LogP contribution in [0.1, 0.15) is 31.1 Å². The molecule has 0 saturated carbocycles. The maximum Gasteiger partial charge on any atom is 0.408 e. The number of benzene rings is 1. The Labute approximate surface area is 150 Å². The summed E-state index contributed by atoms with van der Waals surface area (Å²) in [6.07, 6.45) is 2.37. The molecule has 0 aliphatic carbocycles. The van der Waals surface area contributed by atoms with Crippen LogP contribution in [0.4, 0.5) is 4.79 Å². The van der Waals surface area contributed by atoms with E-state index in [4.69, 9.17) is 14.6 Å². The Bertz CT molecular complexity index is 723. The van der Waals surface area contributed by atoms with Crippen molar-refractivity contribution in [3.63, 3.8) is 0 Å². The third-order valence-electron chi connectivity index (χ3n) is 3.15. The SMILES string of the molecule is CC(C)(C)OC(=O)N[C@@H](COc1ccc(C(=O)O)cc1)Cn1cncn1. The summed E-state index contributed by atoms with van der Waals surface area (Å²) in [5.74, 6) is -0.517. The molecule has 1 atom stereocenters. The predicted octanol–water partition coefficient (Wildman–Crippen LogP) is 1.95. The highest BCUT2D eigenvalue weighted by Gasteiger charge is 2.20. The highest BCUT2D eigenvalue weighted by Crippen LogP contribution is 2.13. The van der Waals surface area contributed by atoms with Gasteiger partial charge in [0.2, 0.25) is 0 Å². The Balaban J connectivity index is 1.98. The zero-order chi connectivity index (χ0) is 19.2. The summed E-state index contributed by atoms with van der Waals surface area (Å²) in [5.41, 5.74) is -0.446. The van der Waals surface area contributed by atoms with Gasteiger partial charge in [-0.3, -0.25) is 4.68 Å². The standard InChI is InChI=1S/C17H22N4O5/c1-17(2,3)26-16(24)20-13(8-21-11-18-10-19-21)9-25-14-6-4-12(5-7-14)15(22)23/h4-7,10-11,13H,8-9H2,1-3H3,(H,20,24)(H,22,23)/t13-/m1/s1. The van der Waals surface area contributed by atoms with Crippen molar-refractivity contribution in [1.82, 2.24) is 20.1 Å². The molecule has 2 rings (SSSR count). The predicted molar refractivity (Wildman–Crippen MR) is 92.1 cm³/mol. The Morgan fingerprint density at radius 1 is 1.27 bits per heavy atom. The lowest BCUT2D eigenvalue weighted by Gasteiger charge is -2.23. The van der Waals surface area contributed by atoms with Gasteiger partial charge < -0.3 is 19.9 Å². The van der Waals surface area contributed by atoms with Crippen LogP contribution in [0.25, 0.3) is 0 Å². The molecule has 0 aliphatic heterocycles. The topological polar surface area (TPSA) is 116 Å². The van der Waals surface area contributed by atoms with Crippen LogP contribution in [-0.4, -0.2) is 50.2 Å². The minimum atomic E-state index is -1.01. The zero-order valence-corrected chi connectivity index (χ0v) is 14.9. The maximum absolute atomic E-state index is 12.0. The third-order valence-corrected chi connectivity index (χ3v) is 3.15. The molecule has 0 unspecified atom stereocenters. The van der Waals surface area contributed by atoms with Crippen LogP contribution < -0.4 is 10.1 Å². The fourth-order valence-corrected chi connectivity index (χ4v) is 2.06. The lowest BCUT2D eigenvalue weighted by atomic mass is 10.2. The third kappa shape index (κ3) is 6.42. The number of aromatic carboxylic acids is 1. The first-order valence-electron chi connectivity index (χ1n) is 8.01. The lowest BCUT2D eigenvalue weighted by Crippen LogP contribution is -2.44. The minimum Gasteiger partial charge on any atom is -0.491 e. The molecule has 140 valence electrons. The zero-order valence-electron chi connectivity index (χ0n) is 14.9. The van der Waals surface area contributed by atoms with Crippen LogP contribution in [-0.2, 0) is 11.3 Å². The van der Waals surface area contributed by atoms with E-state index >= 15 is 0 Å². The number of carbonyl (C=O) groups is 2. The highest BCUT2D eigenvalue weighted by molar-refractivity contribution is 5.87. The van der Waals surface area contributed by atoms with Gasteiger partial charge in [0.1, 0.15) is 30.6 Å².